The Morgan fingerprint density at radius 1 is 1.00 bits per heavy atom. The molecule has 1 aromatic carbocycles. The second-order valence-corrected chi connectivity index (χ2v) is 6.56. The first-order valence-electron chi connectivity index (χ1n) is 7.51. The van der Waals surface area contributed by atoms with Gasteiger partial charge in [0.2, 0.25) is 0 Å². The van der Waals surface area contributed by atoms with Crippen molar-refractivity contribution >= 4 is 29.6 Å². The van der Waals surface area contributed by atoms with Crippen molar-refractivity contribution in [1.82, 2.24) is 5.01 Å². The fourth-order valence-electron chi connectivity index (χ4n) is 3.85. The second-order valence-electron chi connectivity index (χ2n) is 6.13. The van der Waals surface area contributed by atoms with Gasteiger partial charge in [0.1, 0.15) is 0 Å². The second kappa shape index (κ2) is 5.06. The van der Waals surface area contributed by atoms with Gasteiger partial charge < -0.3 is 0 Å². The number of carbonyl (C=O) groups is 2. The average molecular weight is 315 g/mol. The Morgan fingerprint density at radius 2 is 1.55 bits per heavy atom. The smallest absolute Gasteiger partial charge is 0.254 e. The minimum absolute atomic E-state index is 0.153. The summed E-state index contributed by atoms with van der Waals surface area (Å²) in [4.78, 5) is 25.1. The number of allylic oxidation sites excluding steroid dienone is 2. The molecule has 4 aliphatic rings. The van der Waals surface area contributed by atoms with E-state index in [1.165, 1.54) is 0 Å². The van der Waals surface area contributed by atoms with E-state index >= 15 is 0 Å². The number of carbonyl (C=O) groups excluding carboxylic acids is 2. The molecule has 4 atom stereocenters. The molecule has 2 bridgehead atoms. The molecule has 22 heavy (non-hydrogen) atoms. The van der Waals surface area contributed by atoms with Crippen molar-refractivity contribution < 1.29 is 9.59 Å². The molecular weight excluding hydrogens is 300 g/mol. The van der Waals surface area contributed by atoms with E-state index in [1.807, 2.05) is 0 Å². The van der Waals surface area contributed by atoms with Gasteiger partial charge in [-0.15, -0.1) is 0 Å². The Labute approximate surface area is 133 Å². The van der Waals surface area contributed by atoms with Crippen LogP contribution in [0.5, 0.6) is 0 Å². The van der Waals surface area contributed by atoms with Gasteiger partial charge in [-0.3, -0.25) is 9.59 Å². The van der Waals surface area contributed by atoms with Crippen molar-refractivity contribution in [2.75, 3.05) is 0 Å². The number of benzene rings is 1. The van der Waals surface area contributed by atoms with Crippen molar-refractivity contribution in [3.05, 3.63) is 47.0 Å². The molecule has 1 heterocycles. The van der Waals surface area contributed by atoms with Crippen LogP contribution in [0.25, 0.3) is 0 Å². The highest BCUT2D eigenvalue weighted by atomic mass is 35.5. The Hall–Kier alpha value is -1.94. The number of nitrogens with zero attached hydrogens (tertiary/aromatic N) is 2. The fourth-order valence-corrected chi connectivity index (χ4v) is 3.97. The van der Waals surface area contributed by atoms with Gasteiger partial charge in [-0.05, 0) is 42.4 Å². The molecule has 3 aliphatic carbocycles. The van der Waals surface area contributed by atoms with Crippen LogP contribution in [-0.4, -0.2) is 23.0 Å². The van der Waals surface area contributed by atoms with Gasteiger partial charge in [-0.2, -0.15) is 10.1 Å². The van der Waals surface area contributed by atoms with E-state index in [9.17, 15) is 9.59 Å². The first-order chi connectivity index (χ1) is 10.6. The lowest BCUT2D eigenvalue weighted by atomic mass is 9.63. The molecule has 1 saturated carbocycles. The Bertz CT molecular complexity index is 663. The zero-order chi connectivity index (χ0) is 15.3. The summed E-state index contributed by atoms with van der Waals surface area (Å²) in [6.07, 6.45) is 7.74. The third-order valence-corrected chi connectivity index (χ3v) is 5.18. The van der Waals surface area contributed by atoms with Crippen molar-refractivity contribution in [3.63, 3.8) is 0 Å². The first kappa shape index (κ1) is 13.7. The van der Waals surface area contributed by atoms with E-state index in [0.717, 1.165) is 23.4 Å². The number of hydrogen-bond donors (Lipinski definition) is 0. The Kier molecular flexibility index (Phi) is 3.15. The van der Waals surface area contributed by atoms with Gasteiger partial charge >= 0.3 is 0 Å². The van der Waals surface area contributed by atoms with E-state index in [0.29, 0.717) is 5.02 Å². The molecule has 0 spiro atoms. The largest absolute Gasteiger partial charge is 0.272 e. The van der Waals surface area contributed by atoms with Crippen LogP contribution in [0, 0.1) is 23.7 Å². The molecule has 1 aromatic rings. The molecular formula is C17H15ClN2O2. The van der Waals surface area contributed by atoms with Gasteiger partial charge in [-0.25, -0.2) is 0 Å². The number of amides is 2. The number of hydrazone groups is 1. The highest BCUT2D eigenvalue weighted by molar-refractivity contribution is 6.30. The lowest BCUT2D eigenvalue weighted by molar-refractivity contribution is -0.140. The summed E-state index contributed by atoms with van der Waals surface area (Å²) in [6, 6.07) is 7.10. The van der Waals surface area contributed by atoms with Crippen LogP contribution in [0.2, 0.25) is 5.02 Å². The predicted molar refractivity (Wildman–Crippen MR) is 83.2 cm³/mol. The van der Waals surface area contributed by atoms with Crippen LogP contribution in [0.4, 0.5) is 0 Å². The average Bonchev–Trinajstić information content (AvgIpc) is 2.82. The van der Waals surface area contributed by atoms with Gasteiger partial charge in [0.05, 0.1) is 18.1 Å². The van der Waals surface area contributed by atoms with Crippen LogP contribution >= 0.6 is 11.6 Å². The number of hydrogen-bond acceptors (Lipinski definition) is 3. The third-order valence-electron chi connectivity index (χ3n) is 4.93. The molecule has 5 heteroatoms. The highest BCUT2D eigenvalue weighted by Gasteiger charge is 2.56. The minimum Gasteiger partial charge on any atom is -0.272 e. The maximum Gasteiger partial charge on any atom is 0.254 e. The number of imide groups is 1. The summed E-state index contributed by atoms with van der Waals surface area (Å²) < 4.78 is 0. The standard InChI is InChI=1S/C17H15ClN2O2/c18-13-7-1-10(2-8-13)9-19-20-16(21)14-11-3-4-12(6-5-11)15(14)17(20)22/h1-4,7-9,11-12,14-15H,5-6H2. The van der Waals surface area contributed by atoms with Crippen LogP contribution in [0.15, 0.2) is 41.5 Å². The Balaban J connectivity index is 1.60. The summed E-state index contributed by atoms with van der Waals surface area (Å²) in [7, 11) is 0. The van der Waals surface area contributed by atoms with Gasteiger partial charge in [0, 0.05) is 5.02 Å². The van der Waals surface area contributed by atoms with Gasteiger partial charge in [-0.1, -0.05) is 35.9 Å². The molecule has 4 nitrogen and oxygen atoms in total. The number of fused-ring (bicyclic) bond motifs is 1. The molecule has 1 aliphatic heterocycles. The van der Waals surface area contributed by atoms with Crippen LogP contribution in [0.3, 0.4) is 0 Å². The van der Waals surface area contributed by atoms with Crippen molar-refractivity contribution in [3.8, 4) is 0 Å². The monoisotopic (exact) mass is 314 g/mol. The van der Waals surface area contributed by atoms with E-state index in [1.54, 1.807) is 30.5 Å². The van der Waals surface area contributed by atoms with E-state index in [-0.39, 0.29) is 35.5 Å². The topological polar surface area (TPSA) is 49.7 Å². The lowest BCUT2D eigenvalue weighted by Crippen LogP contribution is -2.38. The van der Waals surface area contributed by atoms with E-state index in [2.05, 4.69) is 17.3 Å². The van der Waals surface area contributed by atoms with E-state index < -0.39 is 0 Å². The summed E-state index contributed by atoms with van der Waals surface area (Å²) in [5.74, 6) is -0.333. The van der Waals surface area contributed by atoms with E-state index in [4.69, 9.17) is 11.6 Å². The van der Waals surface area contributed by atoms with Gasteiger partial charge in [0.25, 0.3) is 11.8 Å². The van der Waals surface area contributed by atoms with Crippen molar-refractivity contribution in [2.45, 2.75) is 12.8 Å². The number of halogens is 1. The zero-order valence-corrected chi connectivity index (χ0v) is 12.6. The predicted octanol–water partition coefficient (Wildman–Crippen LogP) is 2.87. The molecule has 1 saturated heterocycles. The van der Waals surface area contributed by atoms with Gasteiger partial charge in [0.15, 0.2) is 0 Å². The van der Waals surface area contributed by atoms with Crippen LogP contribution in [-0.2, 0) is 9.59 Å². The highest BCUT2D eigenvalue weighted by Crippen LogP contribution is 2.49. The maximum atomic E-state index is 12.6. The van der Waals surface area contributed by atoms with Crippen LogP contribution in [0.1, 0.15) is 18.4 Å². The summed E-state index contributed by atoms with van der Waals surface area (Å²) in [5, 5.41) is 5.85. The molecule has 5 rings (SSSR count). The molecule has 0 radical (unpaired) electrons. The quantitative estimate of drug-likeness (QED) is 0.479. The molecule has 112 valence electrons. The maximum absolute atomic E-state index is 12.6. The van der Waals surface area contributed by atoms with Crippen LogP contribution < -0.4 is 0 Å². The summed E-state index contributed by atoms with van der Waals surface area (Å²) in [5.41, 5.74) is 0.806. The normalized spacial score (nSPS) is 33.0. The van der Waals surface area contributed by atoms with Crippen molar-refractivity contribution in [2.24, 2.45) is 28.8 Å². The molecule has 0 N–H and O–H groups in total. The summed E-state index contributed by atoms with van der Waals surface area (Å²) in [6.45, 7) is 0. The lowest BCUT2D eigenvalue weighted by Gasteiger charge is -2.37. The Morgan fingerprint density at radius 3 is 2.05 bits per heavy atom. The summed E-state index contributed by atoms with van der Waals surface area (Å²) >= 11 is 5.84. The third kappa shape index (κ3) is 2.02. The van der Waals surface area contributed by atoms with Crippen molar-refractivity contribution in [1.29, 1.82) is 0 Å². The first-order valence-corrected chi connectivity index (χ1v) is 7.88. The zero-order valence-electron chi connectivity index (χ0n) is 11.9. The fraction of sp³-hybridized carbons (Fsp3) is 0.353. The molecule has 2 amide bonds. The molecule has 4 unspecified atom stereocenters. The number of rotatable bonds is 2. The SMILES string of the molecule is O=C1C2C3C=CC(CC3)C2C(=O)N1N=Cc1ccc(Cl)cc1. The molecule has 2 fully saturated rings. The molecule has 0 aromatic heterocycles. The minimum atomic E-state index is -0.210.